The van der Waals surface area contributed by atoms with E-state index in [-0.39, 0.29) is 0 Å². The minimum atomic E-state index is 0.923. The lowest BCUT2D eigenvalue weighted by molar-refractivity contribution is 0.210. The monoisotopic (exact) mass is 634 g/mol. The van der Waals surface area contributed by atoms with Crippen molar-refractivity contribution in [3.8, 4) is 0 Å². The Bertz CT molecular complexity index is 465. The van der Waals surface area contributed by atoms with E-state index in [9.17, 15) is 0 Å². The first-order valence-corrected chi connectivity index (χ1v) is 22.0. The second-order valence-corrected chi connectivity index (χ2v) is 15.3. The maximum absolute atomic E-state index is 2.89. The summed E-state index contributed by atoms with van der Waals surface area (Å²) in [6.07, 6.45) is 52.5. The average molecular weight is 634 g/mol. The van der Waals surface area contributed by atoms with Gasteiger partial charge in [-0.25, -0.2) is 0 Å². The molecule has 1 nitrogen and oxygen atoms in total. The predicted molar refractivity (Wildman–Crippen MR) is 209 cm³/mol. The van der Waals surface area contributed by atoms with Gasteiger partial charge >= 0.3 is 0 Å². The molecule has 1 atom stereocenters. The van der Waals surface area contributed by atoms with Crippen molar-refractivity contribution >= 4 is 0 Å². The predicted octanol–water partition coefficient (Wildman–Crippen LogP) is 16.0. The van der Waals surface area contributed by atoms with E-state index in [1.54, 1.807) is 0 Å². The van der Waals surface area contributed by atoms with Crippen LogP contribution in [0.1, 0.15) is 259 Å². The fourth-order valence-electron chi connectivity index (χ4n) is 7.34. The Morgan fingerprint density at radius 1 is 0.289 bits per heavy atom. The third kappa shape index (κ3) is 36.6. The molecule has 0 aliphatic rings. The van der Waals surface area contributed by atoms with Gasteiger partial charge in [0, 0.05) is 6.54 Å². The first kappa shape index (κ1) is 45.0. The van der Waals surface area contributed by atoms with Crippen LogP contribution < -0.4 is 0 Å². The fourth-order valence-corrected chi connectivity index (χ4v) is 7.34. The minimum Gasteiger partial charge on any atom is -0.303 e. The van der Waals surface area contributed by atoms with Gasteiger partial charge < -0.3 is 4.90 Å². The molecule has 0 N–H and O–H groups in total. The lowest BCUT2D eigenvalue weighted by Crippen LogP contribution is -2.31. The molecule has 0 spiro atoms. The van der Waals surface area contributed by atoms with Gasteiger partial charge in [-0.2, -0.15) is 0 Å². The third-order valence-electron chi connectivity index (χ3n) is 10.7. The molecule has 0 bridgehead atoms. The van der Waals surface area contributed by atoms with Crippen LogP contribution in [-0.4, -0.2) is 24.5 Å². The van der Waals surface area contributed by atoms with Gasteiger partial charge in [0.05, 0.1) is 0 Å². The standard InChI is InChI=1S/C44H91N/c1-5-9-12-14-16-18-20-22-24-26-28-30-32-34-36-38-41-45(43-44(8-4)40-11-7-3)42-39-37-35-33-31-29-27-25-23-21-19-17-15-13-10-6-2/h44H,5-43H2,1-4H3. The molecule has 0 fully saturated rings. The molecule has 0 aromatic carbocycles. The summed E-state index contributed by atoms with van der Waals surface area (Å²) in [5, 5.41) is 0. The number of hydrogen-bond acceptors (Lipinski definition) is 1. The van der Waals surface area contributed by atoms with Gasteiger partial charge in [-0.1, -0.05) is 240 Å². The van der Waals surface area contributed by atoms with Crippen LogP contribution in [0.25, 0.3) is 0 Å². The van der Waals surface area contributed by atoms with Gasteiger partial charge in [0.1, 0.15) is 0 Å². The van der Waals surface area contributed by atoms with Crippen LogP contribution in [0.3, 0.4) is 0 Å². The molecule has 1 unspecified atom stereocenters. The summed E-state index contributed by atoms with van der Waals surface area (Å²) in [5.41, 5.74) is 0. The summed E-state index contributed by atoms with van der Waals surface area (Å²) in [6, 6.07) is 0. The lowest BCUT2D eigenvalue weighted by Gasteiger charge is -2.27. The third-order valence-corrected chi connectivity index (χ3v) is 10.7. The lowest BCUT2D eigenvalue weighted by atomic mass is 9.98. The van der Waals surface area contributed by atoms with Crippen molar-refractivity contribution in [1.29, 1.82) is 0 Å². The maximum atomic E-state index is 2.89. The van der Waals surface area contributed by atoms with Crippen LogP contribution >= 0.6 is 0 Å². The molecule has 0 saturated heterocycles. The maximum Gasteiger partial charge on any atom is 0.000955 e. The van der Waals surface area contributed by atoms with Crippen molar-refractivity contribution in [1.82, 2.24) is 4.90 Å². The Kier molecular flexibility index (Phi) is 40.1. The highest BCUT2D eigenvalue weighted by molar-refractivity contribution is 4.67. The molecular formula is C44H91N. The average Bonchev–Trinajstić information content (AvgIpc) is 3.05. The SMILES string of the molecule is CCCCCCCCCCCCCCCCCCN(CCCCCCCCCCCCCCCCCC)CC(CC)CCCC. The molecular weight excluding hydrogens is 542 g/mol. The molecule has 0 heterocycles. The molecule has 0 radical (unpaired) electrons. The van der Waals surface area contributed by atoms with Crippen LogP contribution in [0.5, 0.6) is 0 Å². The van der Waals surface area contributed by atoms with E-state index in [1.807, 2.05) is 0 Å². The van der Waals surface area contributed by atoms with Crippen LogP contribution in [0.2, 0.25) is 0 Å². The zero-order valence-corrected chi connectivity index (χ0v) is 32.6. The number of nitrogens with zero attached hydrogens (tertiary/aromatic N) is 1. The van der Waals surface area contributed by atoms with Crippen LogP contribution in [-0.2, 0) is 0 Å². The van der Waals surface area contributed by atoms with E-state index in [2.05, 4.69) is 32.6 Å². The van der Waals surface area contributed by atoms with Crippen molar-refractivity contribution in [2.45, 2.75) is 259 Å². The van der Waals surface area contributed by atoms with Crippen LogP contribution in [0.15, 0.2) is 0 Å². The first-order chi connectivity index (χ1) is 22.3. The van der Waals surface area contributed by atoms with E-state index in [4.69, 9.17) is 0 Å². The molecule has 0 aliphatic carbocycles. The van der Waals surface area contributed by atoms with Crippen molar-refractivity contribution < 1.29 is 0 Å². The van der Waals surface area contributed by atoms with E-state index in [0.717, 1.165) is 5.92 Å². The van der Waals surface area contributed by atoms with Gasteiger partial charge in [-0.15, -0.1) is 0 Å². The highest BCUT2D eigenvalue weighted by Gasteiger charge is 2.12. The summed E-state index contributed by atoms with van der Waals surface area (Å²) in [7, 11) is 0. The molecule has 0 aromatic rings. The highest BCUT2D eigenvalue weighted by atomic mass is 15.1. The van der Waals surface area contributed by atoms with E-state index < -0.39 is 0 Å². The molecule has 0 saturated carbocycles. The summed E-state index contributed by atoms with van der Waals surface area (Å²) < 4.78 is 0. The Morgan fingerprint density at radius 2 is 0.533 bits per heavy atom. The molecule has 0 amide bonds. The second-order valence-electron chi connectivity index (χ2n) is 15.3. The van der Waals surface area contributed by atoms with Crippen molar-refractivity contribution in [3.05, 3.63) is 0 Å². The topological polar surface area (TPSA) is 3.24 Å². The number of hydrogen-bond donors (Lipinski definition) is 0. The Labute approximate surface area is 288 Å². The zero-order chi connectivity index (χ0) is 32.7. The summed E-state index contributed by atoms with van der Waals surface area (Å²) in [4.78, 5) is 2.89. The molecule has 272 valence electrons. The number of unbranched alkanes of at least 4 members (excludes halogenated alkanes) is 31. The fraction of sp³-hybridized carbons (Fsp3) is 1.00. The van der Waals surface area contributed by atoms with Crippen molar-refractivity contribution in [2.75, 3.05) is 19.6 Å². The Morgan fingerprint density at radius 3 is 0.778 bits per heavy atom. The molecule has 0 rings (SSSR count). The molecule has 0 aromatic heterocycles. The molecule has 1 heteroatoms. The Hall–Kier alpha value is -0.0400. The van der Waals surface area contributed by atoms with Crippen molar-refractivity contribution in [3.63, 3.8) is 0 Å². The van der Waals surface area contributed by atoms with Gasteiger partial charge in [-0.05, 0) is 38.3 Å². The van der Waals surface area contributed by atoms with Gasteiger partial charge in [-0.3, -0.25) is 0 Å². The largest absolute Gasteiger partial charge is 0.303 e. The molecule has 0 aliphatic heterocycles. The minimum absolute atomic E-state index is 0.923. The van der Waals surface area contributed by atoms with Gasteiger partial charge in [0.25, 0.3) is 0 Å². The zero-order valence-electron chi connectivity index (χ0n) is 32.6. The summed E-state index contributed by atoms with van der Waals surface area (Å²) in [5.74, 6) is 0.923. The van der Waals surface area contributed by atoms with Gasteiger partial charge in [0.2, 0.25) is 0 Å². The second kappa shape index (κ2) is 40.1. The highest BCUT2D eigenvalue weighted by Crippen LogP contribution is 2.18. The summed E-state index contributed by atoms with van der Waals surface area (Å²) in [6.45, 7) is 13.5. The van der Waals surface area contributed by atoms with Crippen LogP contribution in [0.4, 0.5) is 0 Å². The normalized spacial score (nSPS) is 12.5. The van der Waals surface area contributed by atoms with E-state index in [0.29, 0.717) is 0 Å². The Balaban J connectivity index is 3.81. The number of rotatable bonds is 40. The van der Waals surface area contributed by atoms with E-state index in [1.165, 1.54) is 251 Å². The smallest absolute Gasteiger partial charge is 0.000955 e. The summed E-state index contributed by atoms with van der Waals surface area (Å²) >= 11 is 0. The van der Waals surface area contributed by atoms with E-state index >= 15 is 0 Å². The van der Waals surface area contributed by atoms with Crippen LogP contribution in [0, 0.1) is 5.92 Å². The first-order valence-electron chi connectivity index (χ1n) is 22.0. The quantitative estimate of drug-likeness (QED) is 0.0607. The molecule has 45 heavy (non-hydrogen) atoms. The van der Waals surface area contributed by atoms with Crippen molar-refractivity contribution in [2.24, 2.45) is 5.92 Å². The van der Waals surface area contributed by atoms with Gasteiger partial charge in [0.15, 0.2) is 0 Å².